The van der Waals surface area contributed by atoms with Crippen LogP contribution < -0.4 is 5.73 Å². The molecule has 0 spiro atoms. The molecule has 0 radical (unpaired) electrons. The topological polar surface area (TPSA) is 77.9 Å². The van der Waals surface area contributed by atoms with Gasteiger partial charge in [0, 0.05) is 12.5 Å². The normalized spacial score (nSPS) is 18.4. The maximum Gasteiger partial charge on any atom is 0.217 e. The fraction of sp³-hybridized carbons (Fsp3) is 0.600. The fourth-order valence-corrected chi connectivity index (χ4v) is 1.48. The van der Waals surface area contributed by atoms with Crippen molar-refractivity contribution in [1.82, 2.24) is 0 Å². The zero-order valence-electron chi connectivity index (χ0n) is 8.80. The zero-order chi connectivity index (χ0) is 10.7. The van der Waals surface area contributed by atoms with Crippen molar-refractivity contribution >= 4 is 12.4 Å². The first-order chi connectivity index (χ1) is 7.29. The van der Waals surface area contributed by atoms with Gasteiger partial charge in [-0.15, -0.1) is 12.4 Å². The minimum absolute atomic E-state index is 0. The lowest BCUT2D eigenvalue weighted by atomic mass is 10.2. The molecular formula is C10H16ClNO4. The van der Waals surface area contributed by atoms with Crippen LogP contribution in [0.1, 0.15) is 17.8 Å². The van der Waals surface area contributed by atoms with Crippen molar-refractivity contribution in [3.63, 3.8) is 0 Å². The van der Waals surface area contributed by atoms with Gasteiger partial charge >= 0.3 is 0 Å². The number of rotatable bonds is 4. The van der Waals surface area contributed by atoms with Crippen molar-refractivity contribution in [3.8, 4) is 0 Å². The smallest absolute Gasteiger partial charge is 0.217 e. The highest BCUT2D eigenvalue weighted by molar-refractivity contribution is 5.85. The summed E-state index contributed by atoms with van der Waals surface area (Å²) in [5, 5.41) is 8.80. The summed E-state index contributed by atoms with van der Waals surface area (Å²) in [4.78, 5) is 0. The van der Waals surface area contributed by atoms with Gasteiger partial charge in [0.2, 0.25) is 6.29 Å². The molecule has 2 rings (SSSR count). The van der Waals surface area contributed by atoms with E-state index in [0.717, 1.165) is 5.76 Å². The van der Waals surface area contributed by atoms with Crippen LogP contribution in [0.3, 0.4) is 0 Å². The molecule has 1 aromatic heterocycles. The Labute approximate surface area is 99.9 Å². The molecule has 92 valence electrons. The Hall–Kier alpha value is -0.590. The maximum atomic E-state index is 8.80. The lowest BCUT2D eigenvalue weighted by Crippen LogP contribution is -2.26. The van der Waals surface area contributed by atoms with Gasteiger partial charge in [-0.2, -0.15) is 0 Å². The van der Waals surface area contributed by atoms with Crippen LogP contribution in [0, 0.1) is 0 Å². The molecule has 6 heteroatoms. The van der Waals surface area contributed by atoms with Crippen LogP contribution in [0.2, 0.25) is 0 Å². The van der Waals surface area contributed by atoms with Crippen molar-refractivity contribution in [2.24, 2.45) is 5.73 Å². The van der Waals surface area contributed by atoms with Crippen molar-refractivity contribution in [3.05, 3.63) is 23.7 Å². The lowest BCUT2D eigenvalue weighted by molar-refractivity contribution is -0.0594. The number of halogens is 1. The summed E-state index contributed by atoms with van der Waals surface area (Å²) in [5.41, 5.74) is 5.60. The van der Waals surface area contributed by atoms with E-state index < -0.39 is 0 Å². The van der Waals surface area contributed by atoms with Gasteiger partial charge in [0.05, 0.1) is 19.8 Å². The van der Waals surface area contributed by atoms with E-state index in [0.29, 0.717) is 25.4 Å². The van der Waals surface area contributed by atoms with E-state index >= 15 is 0 Å². The van der Waals surface area contributed by atoms with Gasteiger partial charge in [-0.1, -0.05) is 0 Å². The van der Waals surface area contributed by atoms with Crippen LogP contribution in [0.4, 0.5) is 0 Å². The molecule has 0 aliphatic carbocycles. The van der Waals surface area contributed by atoms with E-state index in [2.05, 4.69) is 0 Å². The average molecular weight is 250 g/mol. The molecule has 1 atom stereocenters. The molecule has 0 aromatic carbocycles. The van der Waals surface area contributed by atoms with E-state index in [1.54, 1.807) is 0 Å². The number of aliphatic hydroxyl groups is 1. The van der Waals surface area contributed by atoms with E-state index in [-0.39, 0.29) is 31.3 Å². The summed E-state index contributed by atoms with van der Waals surface area (Å²) in [6.07, 6.45) is 0.132. The van der Waals surface area contributed by atoms with Gasteiger partial charge in [0.25, 0.3) is 0 Å². The highest BCUT2D eigenvalue weighted by Crippen LogP contribution is 2.25. The molecule has 1 aliphatic heterocycles. The average Bonchev–Trinajstić information content (AvgIpc) is 2.85. The first kappa shape index (κ1) is 13.5. The molecule has 1 unspecified atom stereocenters. The summed E-state index contributed by atoms with van der Waals surface area (Å²) in [7, 11) is 0. The molecular weight excluding hydrogens is 234 g/mol. The summed E-state index contributed by atoms with van der Waals surface area (Å²) >= 11 is 0. The van der Waals surface area contributed by atoms with Gasteiger partial charge in [0.1, 0.15) is 5.76 Å². The molecule has 1 aromatic rings. The quantitative estimate of drug-likeness (QED) is 0.818. The Morgan fingerprint density at radius 1 is 1.38 bits per heavy atom. The minimum atomic E-state index is -0.385. The van der Waals surface area contributed by atoms with Crippen LogP contribution in [-0.4, -0.2) is 31.0 Å². The molecule has 2 heterocycles. The summed E-state index contributed by atoms with van der Waals surface area (Å²) < 4.78 is 16.1. The van der Waals surface area contributed by atoms with Crippen molar-refractivity contribution < 1.29 is 19.0 Å². The molecule has 3 N–H and O–H groups in total. The van der Waals surface area contributed by atoms with Crippen LogP contribution in [0.5, 0.6) is 0 Å². The van der Waals surface area contributed by atoms with Gasteiger partial charge < -0.3 is 24.7 Å². The molecule has 1 aliphatic rings. The third kappa shape index (κ3) is 3.20. The predicted molar refractivity (Wildman–Crippen MR) is 59.4 cm³/mol. The second-order valence-electron chi connectivity index (χ2n) is 3.52. The minimum Gasteiger partial charge on any atom is -0.461 e. The third-order valence-corrected chi connectivity index (χ3v) is 2.23. The summed E-state index contributed by atoms with van der Waals surface area (Å²) in [5.74, 6) is 1.40. The number of furan rings is 1. The number of hydrogen-bond donors (Lipinski definition) is 2. The number of nitrogens with two attached hydrogens (primary N) is 1. The Morgan fingerprint density at radius 2 is 2.06 bits per heavy atom. The summed E-state index contributed by atoms with van der Waals surface area (Å²) in [6.45, 7) is 1.14. The number of aliphatic hydroxyl groups excluding tert-OH is 1. The van der Waals surface area contributed by atoms with E-state index in [1.807, 2.05) is 12.1 Å². The molecule has 1 fully saturated rings. The van der Waals surface area contributed by atoms with Crippen LogP contribution in [-0.2, 0) is 15.9 Å². The molecule has 0 bridgehead atoms. The standard InChI is InChI=1S/C10H15NO4.ClH/c11-7(6-12)5-8-1-2-9(15-8)10-13-3-4-14-10;/h1-2,7,10,12H,3-6,11H2;1H. The molecule has 5 nitrogen and oxygen atoms in total. The van der Waals surface area contributed by atoms with Crippen molar-refractivity contribution in [2.75, 3.05) is 19.8 Å². The molecule has 1 saturated heterocycles. The van der Waals surface area contributed by atoms with Gasteiger partial charge in [-0.05, 0) is 12.1 Å². The van der Waals surface area contributed by atoms with E-state index in [9.17, 15) is 0 Å². The van der Waals surface area contributed by atoms with Crippen molar-refractivity contribution in [1.29, 1.82) is 0 Å². The third-order valence-electron chi connectivity index (χ3n) is 2.23. The predicted octanol–water partition coefficient (Wildman–Crippen LogP) is 0.609. The Balaban J connectivity index is 0.00000128. The first-order valence-corrected chi connectivity index (χ1v) is 4.98. The highest BCUT2D eigenvalue weighted by Gasteiger charge is 2.21. The Bertz CT molecular complexity index is 312. The number of ether oxygens (including phenoxy) is 2. The van der Waals surface area contributed by atoms with E-state index in [1.165, 1.54) is 0 Å². The maximum absolute atomic E-state index is 8.80. The van der Waals surface area contributed by atoms with Gasteiger partial charge in [-0.25, -0.2) is 0 Å². The molecule has 0 amide bonds. The van der Waals surface area contributed by atoms with Crippen LogP contribution in [0.15, 0.2) is 16.5 Å². The van der Waals surface area contributed by atoms with Crippen LogP contribution in [0.25, 0.3) is 0 Å². The van der Waals surface area contributed by atoms with Crippen molar-refractivity contribution in [2.45, 2.75) is 18.8 Å². The first-order valence-electron chi connectivity index (χ1n) is 4.98. The van der Waals surface area contributed by atoms with Gasteiger partial charge in [-0.3, -0.25) is 0 Å². The second-order valence-corrected chi connectivity index (χ2v) is 3.52. The second kappa shape index (κ2) is 6.22. The van der Waals surface area contributed by atoms with E-state index in [4.69, 9.17) is 24.7 Å². The monoisotopic (exact) mass is 249 g/mol. The SMILES string of the molecule is Cl.NC(CO)Cc1ccc(C2OCCO2)o1. The molecule has 0 saturated carbocycles. The Morgan fingerprint density at radius 3 is 2.69 bits per heavy atom. The van der Waals surface area contributed by atoms with Gasteiger partial charge in [0.15, 0.2) is 5.76 Å². The highest BCUT2D eigenvalue weighted by atomic mass is 35.5. The fourth-order valence-electron chi connectivity index (χ4n) is 1.48. The van der Waals surface area contributed by atoms with Crippen LogP contribution >= 0.6 is 12.4 Å². The zero-order valence-corrected chi connectivity index (χ0v) is 9.61. The summed E-state index contributed by atoms with van der Waals surface area (Å²) in [6, 6.07) is 3.36. The Kier molecular flexibility index (Phi) is 5.24. The number of hydrogen-bond acceptors (Lipinski definition) is 5. The molecule has 16 heavy (non-hydrogen) atoms. The lowest BCUT2D eigenvalue weighted by Gasteiger charge is -2.06. The largest absolute Gasteiger partial charge is 0.461 e.